The summed E-state index contributed by atoms with van der Waals surface area (Å²) in [4.78, 5) is 0. The molecule has 1 aromatic carbocycles. The highest BCUT2D eigenvalue weighted by Gasteiger charge is 2.44. The number of hydrogen-bond acceptors (Lipinski definition) is 2. The molecular weight excluding hydrogens is 220 g/mol. The SMILES string of the molecule is CC1(C)CC1CNCC1CCNc2ccccc21. The van der Waals surface area contributed by atoms with Gasteiger partial charge in [0.15, 0.2) is 0 Å². The number of benzene rings is 1. The first-order valence-electron chi connectivity index (χ1n) is 7.20. The fraction of sp³-hybridized carbons (Fsp3) is 0.625. The summed E-state index contributed by atoms with van der Waals surface area (Å²) in [6, 6.07) is 8.75. The van der Waals surface area contributed by atoms with E-state index in [1.54, 1.807) is 0 Å². The molecule has 2 unspecified atom stereocenters. The van der Waals surface area contributed by atoms with Gasteiger partial charge in [0.1, 0.15) is 0 Å². The lowest BCUT2D eigenvalue weighted by Gasteiger charge is -2.27. The maximum Gasteiger partial charge on any atom is 0.0376 e. The van der Waals surface area contributed by atoms with Crippen LogP contribution in [0.25, 0.3) is 0 Å². The minimum atomic E-state index is 0.596. The van der Waals surface area contributed by atoms with Gasteiger partial charge >= 0.3 is 0 Å². The van der Waals surface area contributed by atoms with Gasteiger partial charge in [0.2, 0.25) is 0 Å². The van der Waals surface area contributed by atoms with Gasteiger partial charge in [0.25, 0.3) is 0 Å². The van der Waals surface area contributed by atoms with Crippen LogP contribution in [0.3, 0.4) is 0 Å². The maximum atomic E-state index is 3.69. The second kappa shape index (κ2) is 4.58. The van der Waals surface area contributed by atoms with Crippen LogP contribution in [0.1, 0.15) is 38.2 Å². The Balaban J connectivity index is 1.55. The van der Waals surface area contributed by atoms with E-state index in [4.69, 9.17) is 0 Å². The standard InChI is InChI=1S/C16H24N2/c1-16(2)9-13(16)11-17-10-12-7-8-18-15-6-4-3-5-14(12)15/h3-6,12-13,17-18H,7-11H2,1-2H3. The summed E-state index contributed by atoms with van der Waals surface area (Å²) >= 11 is 0. The molecule has 3 rings (SSSR count). The minimum absolute atomic E-state index is 0.596. The Morgan fingerprint density at radius 2 is 2.06 bits per heavy atom. The summed E-state index contributed by atoms with van der Waals surface area (Å²) in [5.74, 6) is 1.58. The molecule has 1 aliphatic heterocycles. The molecule has 1 saturated carbocycles. The molecule has 0 radical (unpaired) electrons. The molecule has 2 aliphatic rings. The molecule has 2 N–H and O–H groups in total. The van der Waals surface area contributed by atoms with Crippen LogP contribution in [-0.2, 0) is 0 Å². The normalized spacial score (nSPS) is 28.3. The van der Waals surface area contributed by atoms with Crippen LogP contribution in [0.15, 0.2) is 24.3 Å². The largest absolute Gasteiger partial charge is 0.385 e. The number of para-hydroxylation sites is 1. The zero-order valence-electron chi connectivity index (χ0n) is 11.5. The zero-order chi connectivity index (χ0) is 12.6. The van der Waals surface area contributed by atoms with E-state index >= 15 is 0 Å². The van der Waals surface area contributed by atoms with Crippen LogP contribution >= 0.6 is 0 Å². The Kier molecular flexibility index (Phi) is 3.06. The van der Waals surface area contributed by atoms with Crippen molar-refractivity contribution >= 4 is 5.69 Å². The van der Waals surface area contributed by atoms with E-state index in [1.807, 2.05) is 0 Å². The molecule has 98 valence electrons. The predicted octanol–water partition coefficient (Wildman–Crippen LogP) is 3.22. The Morgan fingerprint density at radius 3 is 2.83 bits per heavy atom. The second-order valence-electron chi connectivity index (χ2n) is 6.55. The summed E-state index contributed by atoms with van der Waals surface area (Å²) in [5.41, 5.74) is 3.42. The highest BCUT2D eigenvalue weighted by Crippen LogP contribution is 2.51. The van der Waals surface area contributed by atoms with E-state index in [0.29, 0.717) is 11.3 Å². The average Bonchev–Trinajstić information content (AvgIpc) is 2.97. The van der Waals surface area contributed by atoms with Crippen LogP contribution < -0.4 is 10.6 Å². The smallest absolute Gasteiger partial charge is 0.0376 e. The van der Waals surface area contributed by atoms with Crippen molar-refractivity contribution in [3.63, 3.8) is 0 Å². The van der Waals surface area contributed by atoms with E-state index in [-0.39, 0.29) is 0 Å². The maximum absolute atomic E-state index is 3.69. The lowest BCUT2D eigenvalue weighted by atomic mass is 9.91. The van der Waals surface area contributed by atoms with E-state index < -0.39 is 0 Å². The fourth-order valence-corrected chi connectivity index (χ4v) is 3.12. The van der Waals surface area contributed by atoms with Crippen LogP contribution in [0.4, 0.5) is 5.69 Å². The minimum Gasteiger partial charge on any atom is -0.385 e. The number of rotatable bonds is 4. The molecule has 1 aromatic rings. The van der Waals surface area contributed by atoms with Crippen molar-refractivity contribution in [2.45, 2.75) is 32.6 Å². The Labute approximate surface area is 110 Å². The van der Waals surface area contributed by atoms with E-state index in [9.17, 15) is 0 Å². The molecule has 0 saturated heterocycles. The first-order chi connectivity index (χ1) is 8.67. The number of fused-ring (bicyclic) bond motifs is 1. The molecule has 18 heavy (non-hydrogen) atoms. The van der Waals surface area contributed by atoms with Crippen LogP contribution in [-0.4, -0.2) is 19.6 Å². The lowest BCUT2D eigenvalue weighted by Crippen LogP contribution is -2.28. The Morgan fingerprint density at radius 1 is 1.28 bits per heavy atom. The van der Waals surface area contributed by atoms with Crippen LogP contribution in [0.5, 0.6) is 0 Å². The summed E-state index contributed by atoms with van der Waals surface area (Å²) in [6.45, 7) is 8.18. The fourth-order valence-electron chi connectivity index (χ4n) is 3.12. The van der Waals surface area contributed by atoms with Gasteiger partial charge in [-0.05, 0) is 42.3 Å². The van der Waals surface area contributed by atoms with Gasteiger partial charge in [-0.15, -0.1) is 0 Å². The third kappa shape index (κ3) is 2.39. The topological polar surface area (TPSA) is 24.1 Å². The van der Waals surface area contributed by atoms with E-state index in [1.165, 1.54) is 30.6 Å². The second-order valence-corrected chi connectivity index (χ2v) is 6.55. The molecule has 1 aliphatic carbocycles. The highest BCUT2D eigenvalue weighted by molar-refractivity contribution is 5.54. The average molecular weight is 244 g/mol. The monoisotopic (exact) mass is 244 g/mol. The highest BCUT2D eigenvalue weighted by atomic mass is 14.9. The van der Waals surface area contributed by atoms with Gasteiger partial charge < -0.3 is 10.6 Å². The quantitative estimate of drug-likeness (QED) is 0.850. The molecular formula is C16H24N2. The first-order valence-corrected chi connectivity index (χ1v) is 7.20. The van der Waals surface area contributed by atoms with Crippen molar-refractivity contribution in [3.05, 3.63) is 29.8 Å². The Bertz CT molecular complexity index is 425. The summed E-state index contributed by atoms with van der Waals surface area (Å²) in [7, 11) is 0. The molecule has 1 fully saturated rings. The molecule has 0 bridgehead atoms. The van der Waals surface area contributed by atoms with Gasteiger partial charge in [0.05, 0.1) is 0 Å². The van der Waals surface area contributed by atoms with Gasteiger partial charge in [-0.2, -0.15) is 0 Å². The summed E-state index contributed by atoms with van der Waals surface area (Å²) < 4.78 is 0. The zero-order valence-corrected chi connectivity index (χ0v) is 11.5. The van der Waals surface area contributed by atoms with E-state index in [2.05, 4.69) is 48.7 Å². The molecule has 1 heterocycles. The third-order valence-corrected chi connectivity index (χ3v) is 4.71. The molecule has 2 nitrogen and oxygen atoms in total. The van der Waals surface area contributed by atoms with Crippen molar-refractivity contribution in [2.75, 3.05) is 25.0 Å². The van der Waals surface area contributed by atoms with Gasteiger partial charge in [-0.3, -0.25) is 0 Å². The summed E-state index contributed by atoms with van der Waals surface area (Å²) in [5, 5.41) is 7.18. The predicted molar refractivity (Wildman–Crippen MR) is 77.0 cm³/mol. The lowest BCUT2D eigenvalue weighted by molar-refractivity contribution is 0.490. The number of anilines is 1. The number of nitrogens with one attached hydrogen (secondary N) is 2. The van der Waals surface area contributed by atoms with Crippen LogP contribution in [0.2, 0.25) is 0 Å². The number of hydrogen-bond donors (Lipinski definition) is 2. The molecule has 0 amide bonds. The van der Waals surface area contributed by atoms with Gasteiger partial charge in [0, 0.05) is 24.7 Å². The van der Waals surface area contributed by atoms with Gasteiger partial charge in [-0.1, -0.05) is 32.0 Å². The molecule has 2 heteroatoms. The molecule has 0 spiro atoms. The van der Waals surface area contributed by atoms with Crippen molar-refractivity contribution in [2.24, 2.45) is 11.3 Å². The van der Waals surface area contributed by atoms with Crippen molar-refractivity contribution in [1.29, 1.82) is 0 Å². The molecule has 0 aromatic heterocycles. The van der Waals surface area contributed by atoms with E-state index in [0.717, 1.165) is 19.0 Å². The van der Waals surface area contributed by atoms with Crippen molar-refractivity contribution in [3.8, 4) is 0 Å². The van der Waals surface area contributed by atoms with Crippen LogP contribution in [0, 0.1) is 11.3 Å². The van der Waals surface area contributed by atoms with Crippen molar-refractivity contribution < 1.29 is 0 Å². The molecule has 2 atom stereocenters. The Hall–Kier alpha value is -1.02. The van der Waals surface area contributed by atoms with Gasteiger partial charge in [-0.25, -0.2) is 0 Å². The summed E-state index contributed by atoms with van der Waals surface area (Å²) in [6.07, 6.45) is 2.64. The van der Waals surface area contributed by atoms with Crippen molar-refractivity contribution in [1.82, 2.24) is 5.32 Å². The third-order valence-electron chi connectivity index (χ3n) is 4.71. The first kappa shape index (κ1) is 12.0.